The normalized spacial score (nSPS) is 18.7. The molecule has 0 aromatic heterocycles. The highest BCUT2D eigenvalue weighted by Gasteiger charge is 2.42. The van der Waals surface area contributed by atoms with E-state index >= 15 is 0 Å². The molecule has 0 atom stereocenters. The molecular weight excluding hydrogens is 270 g/mol. The average Bonchev–Trinajstić information content (AvgIpc) is 2.91. The lowest BCUT2D eigenvalue weighted by Crippen LogP contribution is -2.47. The molecule has 0 saturated carbocycles. The molecular formula is C20H17NO. The summed E-state index contributed by atoms with van der Waals surface area (Å²) in [5, 5.41) is 2.46. The highest BCUT2D eigenvalue weighted by Crippen LogP contribution is 2.38. The fourth-order valence-corrected chi connectivity index (χ4v) is 3.61. The molecule has 0 radical (unpaired) electrons. The zero-order valence-corrected chi connectivity index (χ0v) is 12.3. The number of carbonyl (C=O) groups excluding carboxylic acids is 1. The summed E-state index contributed by atoms with van der Waals surface area (Å²) < 4.78 is 0. The van der Waals surface area contributed by atoms with Crippen LogP contribution in [0.1, 0.15) is 11.1 Å². The zero-order valence-electron chi connectivity index (χ0n) is 12.3. The minimum Gasteiger partial charge on any atom is -0.335 e. The third-order valence-electron chi connectivity index (χ3n) is 4.70. The average molecular weight is 287 g/mol. The van der Waals surface area contributed by atoms with Gasteiger partial charge in [-0.25, -0.2) is 0 Å². The third-order valence-corrected chi connectivity index (χ3v) is 4.70. The van der Waals surface area contributed by atoms with Crippen LogP contribution in [0, 0.1) is 0 Å². The van der Waals surface area contributed by atoms with Gasteiger partial charge in [0, 0.05) is 24.7 Å². The molecule has 0 amide bonds. The van der Waals surface area contributed by atoms with Crippen molar-refractivity contribution in [2.24, 2.45) is 0 Å². The first-order valence-corrected chi connectivity index (χ1v) is 7.52. The number of fused-ring (bicyclic) bond motifs is 2. The Labute approximate surface area is 130 Å². The number of rotatable bonds is 2. The predicted molar refractivity (Wildman–Crippen MR) is 89.4 cm³/mol. The number of hydrogen-bond acceptors (Lipinski definition) is 2. The molecule has 2 aromatic rings. The predicted octanol–water partition coefficient (Wildman–Crippen LogP) is 3.78. The quantitative estimate of drug-likeness (QED) is 0.784. The molecule has 1 aliphatic heterocycles. The molecule has 2 aromatic carbocycles. The Morgan fingerprint density at radius 3 is 2.23 bits per heavy atom. The van der Waals surface area contributed by atoms with Crippen molar-refractivity contribution in [3.63, 3.8) is 0 Å². The molecule has 22 heavy (non-hydrogen) atoms. The van der Waals surface area contributed by atoms with Crippen LogP contribution in [-0.4, -0.2) is 16.7 Å². The number of aldehydes is 1. The van der Waals surface area contributed by atoms with E-state index in [2.05, 4.69) is 43.0 Å². The Bertz CT molecular complexity index is 799. The highest BCUT2D eigenvalue weighted by atomic mass is 16.1. The van der Waals surface area contributed by atoms with Gasteiger partial charge in [-0.1, -0.05) is 49.1 Å². The van der Waals surface area contributed by atoms with Crippen LogP contribution in [0.25, 0.3) is 10.8 Å². The summed E-state index contributed by atoms with van der Waals surface area (Å²) in [5.41, 5.74) is 2.85. The lowest BCUT2D eigenvalue weighted by Gasteiger charge is -2.37. The molecule has 0 fully saturated rings. The smallest absolute Gasteiger partial charge is 0.146 e. The van der Waals surface area contributed by atoms with E-state index in [4.69, 9.17) is 0 Å². The largest absolute Gasteiger partial charge is 0.335 e. The monoisotopic (exact) mass is 287 g/mol. The standard InChI is InChI=1S/C20H17NO/c1-15-6-4-5-9-21(15)20(14-22)12-18-10-16-7-2-3-8-17(16)11-19(18)13-20/h2-11,14H,1,12-13H2. The summed E-state index contributed by atoms with van der Waals surface area (Å²) in [4.78, 5) is 14.0. The van der Waals surface area contributed by atoms with Crippen molar-refractivity contribution in [1.82, 2.24) is 4.90 Å². The number of allylic oxidation sites excluding steroid dienone is 3. The maximum Gasteiger partial charge on any atom is 0.146 e. The first kappa shape index (κ1) is 13.1. The Balaban J connectivity index is 1.80. The Hall–Kier alpha value is -2.61. The number of hydrogen-bond donors (Lipinski definition) is 0. The van der Waals surface area contributed by atoms with Crippen molar-refractivity contribution in [2.75, 3.05) is 0 Å². The van der Waals surface area contributed by atoms with Crippen molar-refractivity contribution in [2.45, 2.75) is 18.4 Å². The second-order valence-corrected chi connectivity index (χ2v) is 6.11. The van der Waals surface area contributed by atoms with Crippen molar-refractivity contribution < 1.29 is 4.79 Å². The summed E-state index contributed by atoms with van der Waals surface area (Å²) in [6, 6.07) is 12.8. The topological polar surface area (TPSA) is 20.3 Å². The molecule has 2 nitrogen and oxygen atoms in total. The van der Waals surface area contributed by atoms with Gasteiger partial charge in [0.15, 0.2) is 0 Å². The molecule has 108 valence electrons. The first-order valence-electron chi connectivity index (χ1n) is 7.52. The summed E-state index contributed by atoms with van der Waals surface area (Å²) >= 11 is 0. The van der Waals surface area contributed by atoms with Gasteiger partial charge in [-0.2, -0.15) is 0 Å². The van der Waals surface area contributed by atoms with Gasteiger partial charge >= 0.3 is 0 Å². The van der Waals surface area contributed by atoms with E-state index in [1.54, 1.807) is 0 Å². The number of carbonyl (C=O) groups is 1. The molecule has 0 N–H and O–H groups in total. The van der Waals surface area contributed by atoms with Crippen molar-refractivity contribution in [3.8, 4) is 0 Å². The van der Waals surface area contributed by atoms with E-state index in [0.717, 1.165) is 24.8 Å². The van der Waals surface area contributed by atoms with Crippen LogP contribution in [0.2, 0.25) is 0 Å². The minimum absolute atomic E-state index is 0.544. The van der Waals surface area contributed by atoms with E-state index in [1.807, 2.05) is 29.3 Å². The van der Waals surface area contributed by atoms with E-state index < -0.39 is 5.54 Å². The van der Waals surface area contributed by atoms with Crippen LogP contribution in [0.15, 0.2) is 73.1 Å². The Morgan fingerprint density at radius 2 is 1.68 bits per heavy atom. The summed E-state index contributed by atoms with van der Waals surface area (Å²) in [7, 11) is 0. The second-order valence-electron chi connectivity index (χ2n) is 6.11. The maximum atomic E-state index is 12.0. The fourth-order valence-electron chi connectivity index (χ4n) is 3.61. The molecule has 4 rings (SSSR count). The second kappa shape index (κ2) is 4.70. The molecule has 1 heterocycles. The first-order chi connectivity index (χ1) is 10.7. The number of benzene rings is 2. The zero-order chi connectivity index (χ0) is 15.2. The third kappa shape index (κ3) is 1.84. The lowest BCUT2D eigenvalue weighted by atomic mass is 9.94. The van der Waals surface area contributed by atoms with Gasteiger partial charge in [0.1, 0.15) is 11.8 Å². The van der Waals surface area contributed by atoms with E-state index in [0.29, 0.717) is 0 Å². The molecule has 2 aliphatic rings. The van der Waals surface area contributed by atoms with Gasteiger partial charge in [-0.15, -0.1) is 0 Å². The van der Waals surface area contributed by atoms with Gasteiger partial charge in [-0.3, -0.25) is 0 Å². The molecule has 0 bridgehead atoms. The highest BCUT2D eigenvalue weighted by molar-refractivity contribution is 5.85. The van der Waals surface area contributed by atoms with Gasteiger partial charge < -0.3 is 9.69 Å². The van der Waals surface area contributed by atoms with Gasteiger partial charge in [0.25, 0.3) is 0 Å². The summed E-state index contributed by atoms with van der Waals surface area (Å²) in [5.74, 6) is 0. The van der Waals surface area contributed by atoms with Crippen LogP contribution in [0.5, 0.6) is 0 Å². The summed E-state index contributed by atoms with van der Waals surface area (Å²) in [6.07, 6.45) is 10.4. The Morgan fingerprint density at radius 1 is 1.05 bits per heavy atom. The van der Waals surface area contributed by atoms with Crippen LogP contribution in [-0.2, 0) is 17.6 Å². The van der Waals surface area contributed by atoms with E-state index in [9.17, 15) is 4.79 Å². The lowest BCUT2D eigenvalue weighted by molar-refractivity contribution is -0.115. The van der Waals surface area contributed by atoms with Crippen LogP contribution in [0.4, 0.5) is 0 Å². The minimum atomic E-state index is -0.544. The molecule has 2 heteroatoms. The van der Waals surface area contributed by atoms with Gasteiger partial charge in [-0.05, 0) is 34.1 Å². The molecule has 0 unspecified atom stereocenters. The van der Waals surface area contributed by atoms with Crippen LogP contribution >= 0.6 is 0 Å². The molecule has 0 spiro atoms. The SMILES string of the molecule is C=C1C=CC=CN1C1(C=O)Cc2cc3ccccc3cc2C1. The van der Waals surface area contributed by atoms with Crippen molar-refractivity contribution in [3.05, 3.63) is 84.2 Å². The van der Waals surface area contributed by atoms with Crippen molar-refractivity contribution >= 4 is 17.1 Å². The molecule has 1 aliphatic carbocycles. The number of nitrogens with zero attached hydrogens (tertiary/aromatic N) is 1. The van der Waals surface area contributed by atoms with Gasteiger partial charge in [0.2, 0.25) is 0 Å². The van der Waals surface area contributed by atoms with Crippen LogP contribution < -0.4 is 0 Å². The Kier molecular flexibility index (Phi) is 2.80. The van der Waals surface area contributed by atoms with Crippen LogP contribution in [0.3, 0.4) is 0 Å². The fraction of sp³-hybridized carbons (Fsp3) is 0.150. The summed E-state index contributed by atoms with van der Waals surface area (Å²) in [6.45, 7) is 4.08. The van der Waals surface area contributed by atoms with Gasteiger partial charge in [0.05, 0.1) is 0 Å². The van der Waals surface area contributed by atoms with E-state index in [-0.39, 0.29) is 0 Å². The van der Waals surface area contributed by atoms with Crippen molar-refractivity contribution in [1.29, 1.82) is 0 Å². The maximum absolute atomic E-state index is 12.0. The van der Waals surface area contributed by atoms with E-state index in [1.165, 1.54) is 21.9 Å². The molecule has 0 saturated heterocycles.